The molecule has 0 unspecified atom stereocenters. The quantitative estimate of drug-likeness (QED) is 0.574. The molecule has 0 saturated heterocycles. The number of rotatable bonds is 8. The summed E-state index contributed by atoms with van der Waals surface area (Å²) in [6.07, 6.45) is 0.346. The predicted octanol–water partition coefficient (Wildman–Crippen LogP) is 5.30. The Morgan fingerprint density at radius 3 is 1.92 bits per heavy atom. The van der Waals surface area contributed by atoms with Gasteiger partial charge in [0.25, 0.3) is 0 Å². The fraction of sp³-hybridized carbons (Fsp3) is 0.900. The average molecular weight is 388 g/mol. The van der Waals surface area contributed by atoms with Crippen molar-refractivity contribution in [3.8, 4) is 0 Å². The van der Waals surface area contributed by atoms with Gasteiger partial charge in [-0.2, -0.15) is 0 Å². The number of ether oxygens (including phenoxy) is 1. The summed E-state index contributed by atoms with van der Waals surface area (Å²) in [5.41, 5.74) is -0.569. The van der Waals surface area contributed by atoms with Crippen LogP contribution in [0.5, 0.6) is 0 Å². The molecule has 154 valence electrons. The Morgan fingerprint density at radius 1 is 1.08 bits per heavy atom. The predicted molar refractivity (Wildman–Crippen MR) is 110 cm³/mol. The summed E-state index contributed by atoms with van der Waals surface area (Å²) in [5, 5.41) is 3.01. The van der Waals surface area contributed by atoms with Crippen molar-refractivity contribution in [2.75, 3.05) is 0 Å². The Hall–Kier alpha value is -0.883. The SMILES string of the molecule is CC[C@H](C)[C@@H](NC(=O)OC(C)(C)C)[C@@H](CC(C)=O)O[Si](C)(C)C(C)(C)C. The summed E-state index contributed by atoms with van der Waals surface area (Å²) in [6.45, 7) is 22.1. The number of ketones is 1. The van der Waals surface area contributed by atoms with E-state index in [9.17, 15) is 9.59 Å². The van der Waals surface area contributed by atoms with Crippen molar-refractivity contribution >= 4 is 20.2 Å². The first-order chi connectivity index (χ1) is 11.5. The maximum absolute atomic E-state index is 12.4. The van der Waals surface area contributed by atoms with Crippen molar-refractivity contribution in [2.24, 2.45) is 5.92 Å². The Morgan fingerprint density at radius 2 is 1.58 bits per heavy atom. The summed E-state index contributed by atoms with van der Waals surface area (Å²) in [7, 11) is -2.10. The van der Waals surface area contributed by atoms with Crippen LogP contribution in [0.2, 0.25) is 18.1 Å². The van der Waals surface area contributed by atoms with Gasteiger partial charge in [0, 0.05) is 6.42 Å². The molecule has 0 aliphatic carbocycles. The highest BCUT2D eigenvalue weighted by atomic mass is 28.4. The second kappa shape index (κ2) is 9.35. The molecular weight excluding hydrogens is 346 g/mol. The Balaban J connectivity index is 5.62. The second-order valence-electron chi connectivity index (χ2n) is 9.88. The van der Waals surface area contributed by atoms with Crippen molar-refractivity contribution in [1.29, 1.82) is 0 Å². The largest absolute Gasteiger partial charge is 0.444 e. The third kappa shape index (κ3) is 8.67. The van der Waals surface area contributed by atoms with E-state index >= 15 is 0 Å². The standard InChI is InChI=1S/C20H41NO4Si/c1-12-14(2)17(21-18(23)24-19(4,5)6)16(13-15(3)22)25-26(10,11)20(7,8)9/h14,16-17H,12-13H2,1-11H3,(H,21,23)/t14-,16+,17+/m0/s1. The van der Waals surface area contributed by atoms with Gasteiger partial charge < -0.3 is 14.5 Å². The fourth-order valence-corrected chi connectivity index (χ4v) is 3.72. The van der Waals surface area contributed by atoms with E-state index in [1.165, 1.54) is 0 Å². The van der Waals surface area contributed by atoms with Crippen LogP contribution in [0.4, 0.5) is 4.79 Å². The molecule has 1 N–H and O–H groups in total. The molecule has 0 spiro atoms. The molecule has 0 radical (unpaired) electrons. The Labute approximate surface area is 161 Å². The highest BCUT2D eigenvalue weighted by Gasteiger charge is 2.42. The van der Waals surface area contributed by atoms with E-state index in [1.807, 2.05) is 20.8 Å². The smallest absolute Gasteiger partial charge is 0.407 e. The van der Waals surface area contributed by atoms with Gasteiger partial charge in [-0.3, -0.25) is 4.79 Å². The van der Waals surface area contributed by atoms with Crippen LogP contribution in [0.15, 0.2) is 0 Å². The van der Waals surface area contributed by atoms with Gasteiger partial charge in [0.1, 0.15) is 11.4 Å². The lowest BCUT2D eigenvalue weighted by atomic mass is 9.92. The van der Waals surface area contributed by atoms with Crippen LogP contribution in [0.25, 0.3) is 0 Å². The molecule has 0 aromatic heterocycles. The zero-order chi connectivity index (χ0) is 20.9. The van der Waals surface area contributed by atoms with E-state index in [-0.39, 0.29) is 35.3 Å². The monoisotopic (exact) mass is 387 g/mol. The van der Waals surface area contributed by atoms with Gasteiger partial charge in [0.05, 0.1) is 12.1 Å². The number of nitrogens with one attached hydrogen (secondary N) is 1. The maximum Gasteiger partial charge on any atom is 0.407 e. The molecule has 5 nitrogen and oxygen atoms in total. The summed E-state index contributed by atoms with van der Waals surface area (Å²) in [5.74, 6) is 0.227. The number of alkyl carbamates (subject to hydrolysis) is 1. The number of carbonyl (C=O) groups excluding carboxylic acids is 2. The van der Waals surface area contributed by atoms with Gasteiger partial charge in [-0.15, -0.1) is 0 Å². The number of amides is 1. The highest BCUT2D eigenvalue weighted by molar-refractivity contribution is 6.74. The molecule has 3 atom stereocenters. The number of Topliss-reactive ketones (excluding diaryl/α,β-unsaturated/α-hetero) is 1. The van der Waals surface area contributed by atoms with E-state index in [0.29, 0.717) is 0 Å². The maximum atomic E-state index is 12.4. The van der Waals surface area contributed by atoms with Gasteiger partial charge in [-0.05, 0) is 51.7 Å². The van der Waals surface area contributed by atoms with Crippen LogP contribution in [-0.4, -0.2) is 37.9 Å². The molecule has 0 aliphatic heterocycles. The minimum absolute atomic E-state index is 0.0218. The average Bonchev–Trinajstić information content (AvgIpc) is 2.39. The molecular formula is C20H41NO4Si. The molecule has 0 aromatic carbocycles. The number of carbonyl (C=O) groups is 2. The number of hydrogen-bond donors (Lipinski definition) is 1. The Bertz CT molecular complexity index is 477. The van der Waals surface area contributed by atoms with E-state index in [0.717, 1.165) is 6.42 Å². The van der Waals surface area contributed by atoms with Gasteiger partial charge in [0.15, 0.2) is 8.32 Å². The van der Waals surface area contributed by atoms with Crippen molar-refractivity contribution in [2.45, 2.75) is 111 Å². The molecule has 0 aliphatic rings. The summed E-state index contributed by atoms with van der Waals surface area (Å²) >= 11 is 0. The normalized spacial score (nSPS) is 16.6. The van der Waals surface area contributed by atoms with Crippen LogP contribution in [0.3, 0.4) is 0 Å². The van der Waals surface area contributed by atoms with E-state index in [4.69, 9.17) is 9.16 Å². The van der Waals surface area contributed by atoms with Crippen molar-refractivity contribution < 1.29 is 18.8 Å². The molecule has 0 bridgehead atoms. The molecule has 26 heavy (non-hydrogen) atoms. The molecule has 0 aromatic rings. The summed E-state index contributed by atoms with van der Waals surface area (Å²) in [6, 6.07) is -0.270. The fourth-order valence-electron chi connectivity index (χ4n) is 2.38. The lowest BCUT2D eigenvalue weighted by molar-refractivity contribution is -0.119. The molecule has 0 saturated carbocycles. The van der Waals surface area contributed by atoms with E-state index in [2.05, 4.69) is 53.0 Å². The lowest BCUT2D eigenvalue weighted by Gasteiger charge is -2.42. The van der Waals surface area contributed by atoms with Crippen LogP contribution in [-0.2, 0) is 14.0 Å². The van der Waals surface area contributed by atoms with Crippen LogP contribution in [0, 0.1) is 5.92 Å². The van der Waals surface area contributed by atoms with E-state index in [1.54, 1.807) is 6.92 Å². The zero-order valence-corrected chi connectivity index (χ0v) is 19.8. The van der Waals surface area contributed by atoms with Crippen LogP contribution in [0.1, 0.15) is 75.2 Å². The lowest BCUT2D eigenvalue weighted by Crippen LogP contribution is -2.55. The first-order valence-corrected chi connectivity index (χ1v) is 12.6. The van der Waals surface area contributed by atoms with Gasteiger partial charge in [0.2, 0.25) is 0 Å². The second-order valence-corrected chi connectivity index (χ2v) is 14.6. The zero-order valence-electron chi connectivity index (χ0n) is 18.8. The van der Waals surface area contributed by atoms with Crippen LogP contribution >= 0.6 is 0 Å². The van der Waals surface area contributed by atoms with Gasteiger partial charge >= 0.3 is 6.09 Å². The first kappa shape index (κ1) is 25.1. The summed E-state index contributed by atoms with van der Waals surface area (Å²) < 4.78 is 12.0. The third-order valence-electron chi connectivity index (χ3n) is 5.08. The number of hydrogen-bond acceptors (Lipinski definition) is 4. The molecule has 6 heteroatoms. The van der Waals surface area contributed by atoms with Gasteiger partial charge in [-0.25, -0.2) is 4.79 Å². The summed E-state index contributed by atoms with van der Waals surface area (Å²) in [4.78, 5) is 24.3. The third-order valence-corrected chi connectivity index (χ3v) is 9.59. The van der Waals surface area contributed by atoms with Crippen molar-refractivity contribution in [1.82, 2.24) is 5.32 Å². The highest BCUT2D eigenvalue weighted by Crippen LogP contribution is 2.38. The van der Waals surface area contributed by atoms with Crippen molar-refractivity contribution in [3.63, 3.8) is 0 Å². The first-order valence-electron chi connectivity index (χ1n) is 9.67. The molecule has 0 rings (SSSR count). The molecule has 0 heterocycles. The minimum Gasteiger partial charge on any atom is -0.444 e. The topological polar surface area (TPSA) is 64.6 Å². The minimum atomic E-state index is -2.10. The van der Waals surface area contributed by atoms with E-state index < -0.39 is 20.0 Å². The van der Waals surface area contributed by atoms with Gasteiger partial charge in [-0.1, -0.05) is 41.0 Å². The molecule has 1 amide bonds. The Kier molecular flexibility index (Phi) is 9.04. The van der Waals surface area contributed by atoms with Crippen LogP contribution < -0.4 is 5.32 Å². The molecule has 0 fully saturated rings. The van der Waals surface area contributed by atoms with Crippen molar-refractivity contribution in [3.05, 3.63) is 0 Å².